The van der Waals surface area contributed by atoms with E-state index in [1.54, 1.807) is 0 Å². The second-order valence-corrected chi connectivity index (χ2v) is 17.8. The summed E-state index contributed by atoms with van der Waals surface area (Å²) < 4.78 is 7.67. The summed E-state index contributed by atoms with van der Waals surface area (Å²) in [7, 11) is 0. The molecule has 0 bridgehead atoms. The number of benzene rings is 2. The number of ether oxygens (including phenoxy) is 1. The lowest BCUT2D eigenvalue weighted by Crippen LogP contribution is -2.28. The van der Waals surface area contributed by atoms with Crippen molar-refractivity contribution in [3.05, 3.63) is 95.8 Å². The van der Waals surface area contributed by atoms with E-state index in [1.165, 1.54) is 140 Å². The van der Waals surface area contributed by atoms with Gasteiger partial charge >= 0.3 is 0 Å². The van der Waals surface area contributed by atoms with E-state index in [1.807, 2.05) is 24.8 Å². The molecule has 6 rings (SSSR count). The van der Waals surface area contributed by atoms with Crippen molar-refractivity contribution in [2.45, 2.75) is 181 Å². The Morgan fingerprint density at radius 3 is 1.19 bits per heavy atom. The van der Waals surface area contributed by atoms with Gasteiger partial charge in [0, 0.05) is 23.5 Å². The van der Waals surface area contributed by atoms with Crippen LogP contribution in [-0.4, -0.2) is 19.9 Å². The van der Waals surface area contributed by atoms with Gasteiger partial charge in [-0.25, -0.2) is 0 Å². The highest BCUT2D eigenvalue weighted by atomic mass is 16.5. The molecule has 0 spiro atoms. The van der Waals surface area contributed by atoms with Crippen LogP contribution in [0.15, 0.2) is 73.3 Å². The zero-order valence-corrected chi connectivity index (χ0v) is 36.1. The number of rotatable bonds is 22. The van der Waals surface area contributed by atoms with E-state index in [9.17, 15) is 0 Å². The number of aryl methyl sites for hydroxylation is 2. The van der Waals surface area contributed by atoms with E-state index in [-0.39, 0.29) is 12.2 Å². The van der Waals surface area contributed by atoms with Gasteiger partial charge in [-0.2, -0.15) is 0 Å². The van der Waals surface area contributed by atoms with E-state index in [2.05, 4.69) is 76.2 Å². The molecule has 2 unspecified atom stereocenters. The average Bonchev–Trinajstić information content (AvgIpc) is 3.26. The van der Waals surface area contributed by atoms with Crippen LogP contribution in [0, 0.1) is 23.7 Å². The van der Waals surface area contributed by atoms with Crippen LogP contribution >= 0.6 is 0 Å². The summed E-state index contributed by atoms with van der Waals surface area (Å²) in [5.41, 5.74) is 8.97. The van der Waals surface area contributed by atoms with Gasteiger partial charge in [-0.3, -0.25) is 19.9 Å². The molecule has 5 nitrogen and oxygen atoms in total. The quantitative estimate of drug-likeness (QED) is 0.0745. The minimum atomic E-state index is 0.0620. The minimum absolute atomic E-state index is 0.0620. The summed E-state index contributed by atoms with van der Waals surface area (Å²) in [6.45, 7) is 9.20. The van der Waals surface area contributed by atoms with Crippen molar-refractivity contribution in [1.29, 1.82) is 0 Å². The Labute approximate surface area is 346 Å². The van der Waals surface area contributed by atoms with Gasteiger partial charge in [0.1, 0.15) is 0 Å². The first-order valence-corrected chi connectivity index (χ1v) is 23.6. The molecular weight excluding hydrogens is 697 g/mol. The molecule has 2 heterocycles. The van der Waals surface area contributed by atoms with Crippen LogP contribution in [0.5, 0.6) is 0 Å². The highest BCUT2D eigenvalue weighted by Crippen LogP contribution is 2.47. The monoisotopic (exact) mass is 771 g/mol. The van der Waals surface area contributed by atoms with Crippen LogP contribution in [0.2, 0.25) is 0 Å². The summed E-state index contributed by atoms with van der Waals surface area (Å²) in [5, 5.41) is 0. The normalized spacial score (nSPS) is 21.0. The fraction of sp³-hybridized carbons (Fsp3) is 0.615. The van der Waals surface area contributed by atoms with Crippen molar-refractivity contribution in [2.75, 3.05) is 0 Å². The van der Waals surface area contributed by atoms with Gasteiger partial charge in [0.2, 0.25) is 0 Å². The number of hydrogen-bond acceptors (Lipinski definition) is 5. The van der Waals surface area contributed by atoms with Crippen LogP contribution in [0.1, 0.15) is 191 Å². The molecule has 0 N–H and O–H groups in total. The lowest BCUT2D eigenvalue weighted by Gasteiger charge is -2.40. The largest absolute Gasteiger partial charge is 0.365 e. The number of aromatic nitrogens is 4. The Morgan fingerprint density at radius 1 is 0.456 bits per heavy atom. The van der Waals surface area contributed by atoms with Gasteiger partial charge in [0.15, 0.2) is 0 Å². The third-order valence-electron chi connectivity index (χ3n) is 13.4. The van der Waals surface area contributed by atoms with Crippen molar-refractivity contribution < 1.29 is 4.74 Å². The predicted molar refractivity (Wildman–Crippen MR) is 238 cm³/mol. The molecule has 2 aliphatic rings. The second kappa shape index (κ2) is 23.2. The third kappa shape index (κ3) is 12.8. The molecule has 0 amide bonds. The smallest absolute Gasteiger partial charge is 0.0885 e. The van der Waals surface area contributed by atoms with Crippen molar-refractivity contribution in [1.82, 2.24) is 19.9 Å². The Balaban J connectivity index is 1.23. The topological polar surface area (TPSA) is 60.8 Å². The van der Waals surface area contributed by atoms with E-state index in [0.717, 1.165) is 58.6 Å². The molecule has 2 saturated carbocycles. The predicted octanol–water partition coefficient (Wildman–Crippen LogP) is 14.9. The molecule has 4 aromatic rings. The van der Waals surface area contributed by atoms with Gasteiger partial charge < -0.3 is 4.74 Å². The summed E-state index contributed by atoms with van der Waals surface area (Å²) in [6.07, 6.45) is 35.5. The first-order valence-electron chi connectivity index (χ1n) is 23.6. The van der Waals surface area contributed by atoms with Gasteiger partial charge in [-0.05, 0) is 86.2 Å². The summed E-state index contributed by atoms with van der Waals surface area (Å²) in [4.78, 5) is 19.3. The molecule has 2 aliphatic carbocycles. The maximum Gasteiger partial charge on any atom is 0.0885 e. The molecule has 308 valence electrons. The second-order valence-electron chi connectivity index (χ2n) is 17.8. The lowest BCUT2D eigenvalue weighted by molar-refractivity contribution is -0.0907. The standard InChI is InChI=1S/C52H74N4O/c1-5-9-11-13-17-47-35-55-49(37-53-47)41-27-31-45(32-28-41)51(43-23-19-39(15-7-3)20-24-43)57-52(44-25-21-40(16-8-4)22-26-44)46-33-29-42(30-34-46)50-38-54-48(36-56-50)18-14-12-10-6-2/h27-40,43-44,51-52H,5-26H2,1-4H3/t39-,40-,43-,44-,51?,52?. The zero-order chi connectivity index (χ0) is 39.7. The first kappa shape index (κ1) is 43.1. The Hall–Kier alpha value is -3.44. The van der Waals surface area contributed by atoms with Crippen molar-refractivity contribution >= 4 is 0 Å². The summed E-state index contributed by atoms with van der Waals surface area (Å²) >= 11 is 0. The van der Waals surface area contributed by atoms with Crippen LogP contribution in [0.3, 0.4) is 0 Å². The van der Waals surface area contributed by atoms with Crippen LogP contribution in [0.4, 0.5) is 0 Å². The van der Waals surface area contributed by atoms with Gasteiger partial charge in [-0.1, -0.05) is 166 Å². The fourth-order valence-corrected chi connectivity index (χ4v) is 9.88. The molecule has 0 saturated heterocycles. The number of hydrogen-bond donors (Lipinski definition) is 0. The molecule has 0 aliphatic heterocycles. The zero-order valence-electron chi connectivity index (χ0n) is 36.1. The number of nitrogens with zero attached hydrogens (tertiary/aromatic N) is 4. The molecule has 5 heteroatoms. The first-order chi connectivity index (χ1) is 28.1. The molecular formula is C52H74N4O. The van der Waals surface area contributed by atoms with Crippen molar-refractivity contribution in [3.8, 4) is 22.5 Å². The molecule has 2 aromatic carbocycles. The van der Waals surface area contributed by atoms with Gasteiger partial charge in [0.05, 0.1) is 47.4 Å². The summed E-state index contributed by atoms with van der Waals surface area (Å²) in [5.74, 6) is 2.75. The van der Waals surface area contributed by atoms with E-state index in [4.69, 9.17) is 24.7 Å². The fourth-order valence-electron chi connectivity index (χ4n) is 9.88. The van der Waals surface area contributed by atoms with Crippen molar-refractivity contribution in [2.24, 2.45) is 23.7 Å². The third-order valence-corrected chi connectivity index (χ3v) is 13.4. The average molecular weight is 771 g/mol. The van der Waals surface area contributed by atoms with Gasteiger partial charge in [0.25, 0.3) is 0 Å². The molecule has 57 heavy (non-hydrogen) atoms. The molecule has 2 fully saturated rings. The van der Waals surface area contributed by atoms with Crippen molar-refractivity contribution in [3.63, 3.8) is 0 Å². The van der Waals surface area contributed by atoms with Crippen LogP contribution in [-0.2, 0) is 17.6 Å². The Bertz CT molecular complexity index is 1540. The maximum atomic E-state index is 7.67. The van der Waals surface area contributed by atoms with E-state index < -0.39 is 0 Å². The van der Waals surface area contributed by atoms with Crippen LogP contribution in [0.25, 0.3) is 22.5 Å². The Kier molecular flexibility index (Phi) is 17.6. The highest BCUT2D eigenvalue weighted by Gasteiger charge is 2.35. The lowest BCUT2D eigenvalue weighted by atomic mass is 9.75. The van der Waals surface area contributed by atoms with Gasteiger partial charge in [-0.15, -0.1) is 0 Å². The highest BCUT2D eigenvalue weighted by molar-refractivity contribution is 5.59. The maximum absolute atomic E-state index is 7.67. The van der Waals surface area contributed by atoms with Crippen LogP contribution < -0.4 is 0 Å². The molecule has 2 atom stereocenters. The molecule has 0 radical (unpaired) electrons. The molecule has 2 aromatic heterocycles. The minimum Gasteiger partial charge on any atom is -0.365 e. The van der Waals surface area contributed by atoms with E-state index >= 15 is 0 Å². The summed E-state index contributed by atoms with van der Waals surface area (Å²) in [6, 6.07) is 18.4. The SMILES string of the molecule is CCCCCCc1cnc(-c2ccc(C(OC(c3ccc(-c4cnc(CCCCCC)cn4)cc3)[C@H]3CC[C@H](CCC)CC3)[C@H]3CC[C@H](CCC)CC3)cc2)cn1. The van der Waals surface area contributed by atoms with E-state index in [0.29, 0.717) is 11.8 Å². The number of unbranched alkanes of at least 4 members (excludes halogenated alkanes) is 6. The Morgan fingerprint density at radius 2 is 0.860 bits per heavy atom.